The lowest BCUT2D eigenvalue weighted by Crippen LogP contribution is -2.48. The van der Waals surface area contributed by atoms with Crippen LogP contribution in [0.3, 0.4) is 0 Å². The molecule has 0 saturated carbocycles. The van der Waals surface area contributed by atoms with E-state index in [0.717, 1.165) is 4.31 Å². The van der Waals surface area contributed by atoms with Crippen LogP contribution in [0.4, 0.5) is 16.2 Å². The van der Waals surface area contributed by atoms with E-state index in [1.165, 1.54) is 37.4 Å². The molecule has 1 aromatic heterocycles. The van der Waals surface area contributed by atoms with Crippen LogP contribution in [0.2, 0.25) is 5.15 Å². The number of aromatic nitrogens is 1. The second kappa shape index (κ2) is 8.36. The van der Waals surface area contributed by atoms with Crippen LogP contribution in [-0.4, -0.2) is 49.7 Å². The summed E-state index contributed by atoms with van der Waals surface area (Å²) in [5, 5.41) is 13.6. The minimum Gasteiger partial charge on any atom is -0.484 e. The molecule has 12 heteroatoms. The number of nitrogens with zero attached hydrogens (tertiary/aromatic N) is 2. The SMILES string of the molecule is CC(=O)NCC1CN(S(=O)(=O)c2cc(C)cnc2Cl)c2cc(NC(=O)O)ccc2O1. The van der Waals surface area contributed by atoms with E-state index in [2.05, 4.69) is 15.6 Å². The van der Waals surface area contributed by atoms with Crippen molar-refractivity contribution in [2.45, 2.75) is 24.8 Å². The van der Waals surface area contributed by atoms with Gasteiger partial charge in [-0.25, -0.2) is 18.2 Å². The predicted molar refractivity (Wildman–Crippen MR) is 110 cm³/mol. The van der Waals surface area contributed by atoms with Crippen molar-refractivity contribution in [2.75, 3.05) is 22.7 Å². The molecule has 2 heterocycles. The van der Waals surface area contributed by atoms with Crippen LogP contribution in [0.25, 0.3) is 0 Å². The number of carboxylic acid groups (broad SMARTS) is 1. The van der Waals surface area contributed by atoms with Crippen LogP contribution >= 0.6 is 11.6 Å². The van der Waals surface area contributed by atoms with E-state index in [4.69, 9.17) is 21.4 Å². The fourth-order valence-electron chi connectivity index (χ4n) is 2.93. The molecule has 0 fully saturated rings. The van der Waals surface area contributed by atoms with Crippen molar-refractivity contribution < 1.29 is 27.9 Å². The predicted octanol–water partition coefficient (Wildman–Crippen LogP) is 2.23. The smallest absolute Gasteiger partial charge is 0.409 e. The summed E-state index contributed by atoms with van der Waals surface area (Å²) in [5.41, 5.74) is 0.902. The third kappa shape index (κ3) is 4.57. The van der Waals surface area contributed by atoms with Crippen molar-refractivity contribution in [2.24, 2.45) is 0 Å². The zero-order chi connectivity index (χ0) is 22.1. The maximum atomic E-state index is 13.5. The lowest BCUT2D eigenvalue weighted by atomic mass is 10.2. The first-order valence-corrected chi connectivity index (χ1v) is 10.6. The van der Waals surface area contributed by atoms with E-state index in [1.54, 1.807) is 6.92 Å². The lowest BCUT2D eigenvalue weighted by Gasteiger charge is -2.35. The molecule has 0 spiro atoms. The number of hydrogen-bond donors (Lipinski definition) is 3. The number of aryl methyl sites for hydroxylation is 1. The number of ether oxygens (including phenoxy) is 1. The monoisotopic (exact) mass is 454 g/mol. The second-order valence-electron chi connectivity index (χ2n) is 6.63. The zero-order valence-corrected chi connectivity index (χ0v) is 17.6. The maximum Gasteiger partial charge on any atom is 0.409 e. The number of amides is 2. The summed E-state index contributed by atoms with van der Waals surface area (Å²) >= 11 is 6.07. The summed E-state index contributed by atoms with van der Waals surface area (Å²) in [6.07, 6.45) is -0.523. The first-order valence-electron chi connectivity index (χ1n) is 8.78. The second-order valence-corrected chi connectivity index (χ2v) is 8.82. The molecule has 2 aromatic rings. The zero-order valence-electron chi connectivity index (χ0n) is 16.0. The quantitative estimate of drug-likeness (QED) is 0.589. The Hall–Kier alpha value is -3.05. The molecule has 0 aliphatic carbocycles. The first-order chi connectivity index (χ1) is 14.1. The highest BCUT2D eigenvalue weighted by Crippen LogP contribution is 2.39. The Balaban J connectivity index is 2.09. The van der Waals surface area contributed by atoms with Crippen LogP contribution in [0, 0.1) is 6.92 Å². The van der Waals surface area contributed by atoms with Gasteiger partial charge in [-0.2, -0.15) is 0 Å². The van der Waals surface area contributed by atoms with Gasteiger partial charge in [0.2, 0.25) is 5.91 Å². The van der Waals surface area contributed by atoms with Gasteiger partial charge < -0.3 is 15.2 Å². The van der Waals surface area contributed by atoms with Gasteiger partial charge in [0.15, 0.2) is 0 Å². The van der Waals surface area contributed by atoms with E-state index in [-0.39, 0.29) is 46.2 Å². The minimum absolute atomic E-state index is 0.0791. The van der Waals surface area contributed by atoms with Crippen molar-refractivity contribution in [3.8, 4) is 5.75 Å². The van der Waals surface area contributed by atoms with E-state index in [0.29, 0.717) is 5.56 Å². The van der Waals surface area contributed by atoms with Gasteiger partial charge in [-0.1, -0.05) is 11.6 Å². The molecule has 1 aromatic carbocycles. The molecule has 0 bridgehead atoms. The van der Waals surface area contributed by atoms with Crippen molar-refractivity contribution in [3.63, 3.8) is 0 Å². The number of anilines is 2. The third-order valence-corrected chi connectivity index (χ3v) is 6.44. The van der Waals surface area contributed by atoms with Gasteiger partial charge in [-0.15, -0.1) is 0 Å². The Morgan fingerprint density at radius 3 is 2.77 bits per heavy atom. The number of sulfonamides is 1. The Bertz CT molecular complexity index is 1110. The summed E-state index contributed by atoms with van der Waals surface area (Å²) in [7, 11) is -4.17. The number of nitrogens with one attached hydrogen (secondary N) is 2. The summed E-state index contributed by atoms with van der Waals surface area (Å²) < 4.78 is 33.8. The van der Waals surface area contributed by atoms with Gasteiger partial charge in [0.25, 0.3) is 10.0 Å². The van der Waals surface area contributed by atoms with Crippen molar-refractivity contribution in [1.82, 2.24) is 10.3 Å². The highest BCUT2D eigenvalue weighted by Gasteiger charge is 2.36. The van der Waals surface area contributed by atoms with Gasteiger partial charge in [0, 0.05) is 18.8 Å². The first kappa shape index (κ1) is 21.7. The number of carbonyl (C=O) groups excluding carboxylic acids is 1. The Labute approximate surface area is 177 Å². The lowest BCUT2D eigenvalue weighted by molar-refractivity contribution is -0.119. The average molecular weight is 455 g/mol. The van der Waals surface area contributed by atoms with Crippen molar-refractivity contribution in [3.05, 3.63) is 41.2 Å². The van der Waals surface area contributed by atoms with Crippen LogP contribution < -0.4 is 19.7 Å². The molecule has 30 heavy (non-hydrogen) atoms. The van der Waals surface area contributed by atoms with Gasteiger partial charge in [-0.3, -0.25) is 14.4 Å². The van der Waals surface area contributed by atoms with Gasteiger partial charge in [0.05, 0.1) is 18.8 Å². The molecule has 1 atom stereocenters. The standard InChI is InChI=1S/C18H19ClN4O6S/c1-10-5-16(17(19)21-7-10)30(27,28)23-9-13(8-20-11(2)24)29-15-4-3-12(6-14(15)23)22-18(25)26/h3-7,13,22H,8-9H2,1-2H3,(H,20,24)(H,25,26). The molecule has 10 nitrogen and oxygen atoms in total. The van der Waals surface area contributed by atoms with Crippen LogP contribution in [0.15, 0.2) is 35.4 Å². The molecule has 3 N–H and O–H groups in total. The summed E-state index contributed by atoms with van der Waals surface area (Å²) in [5.74, 6) is -0.0708. The average Bonchev–Trinajstić information content (AvgIpc) is 2.67. The Kier molecular flexibility index (Phi) is 6.04. The number of rotatable bonds is 5. The number of carbonyl (C=O) groups is 2. The molecule has 0 saturated heterocycles. The van der Waals surface area contributed by atoms with Gasteiger partial charge >= 0.3 is 6.09 Å². The Morgan fingerprint density at radius 1 is 1.37 bits per heavy atom. The molecular formula is C18H19ClN4O6S. The summed E-state index contributed by atoms with van der Waals surface area (Å²) in [4.78, 5) is 26.0. The van der Waals surface area contributed by atoms with Crippen molar-refractivity contribution >= 4 is 45.0 Å². The fourth-order valence-corrected chi connectivity index (χ4v) is 4.93. The van der Waals surface area contributed by atoms with Crippen LogP contribution in [-0.2, 0) is 14.8 Å². The van der Waals surface area contributed by atoms with E-state index in [1.807, 2.05) is 0 Å². The number of fused-ring (bicyclic) bond motifs is 1. The normalized spacial score (nSPS) is 15.7. The molecule has 1 aliphatic rings. The fraction of sp³-hybridized carbons (Fsp3) is 0.278. The molecular weight excluding hydrogens is 436 g/mol. The molecule has 0 radical (unpaired) electrons. The van der Waals surface area contributed by atoms with Gasteiger partial charge in [0.1, 0.15) is 21.9 Å². The topological polar surface area (TPSA) is 138 Å². The van der Waals surface area contributed by atoms with E-state index in [9.17, 15) is 18.0 Å². The number of benzene rings is 1. The number of hydrogen-bond acceptors (Lipinski definition) is 6. The largest absolute Gasteiger partial charge is 0.484 e. The van der Waals surface area contributed by atoms with Crippen LogP contribution in [0.5, 0.6) is 5.75 Å². The number of pyridine rings is 1. The molecule has 160 valence electrons. The highest BCUT2D eigenvalue weighted by molar-refractivity contribution is 7.93. The molecule has 3 rings (SSSR count). The van der Waals surface area contributed by atoms with Crippen molar-refractivity contribution in [1.29, 1.82) is 0 Å². The highest BCUT2D eigenvalue weighted by atomic mass is 35.5. The van der Waals surface area contributed by atoms with E-state index < -0.39 is 22.2 Å². The van der Waals surface area contributed by atoms with Crippen LogP contribution in [0.1, 0.15) is 12.5 Å². The maximum absolute atomic E-state index is 13.5. The third-order valence-electron chi connectivity index (χ3n) is 4.23. The summed E-state index contributed by atoms with van der Waals surface area (Å²) in [6, 6.07) is 5.66. The molecule has 2 amide bonds. The number of halogens is 1. The minimum atomic E-state index is -4.17. The summed E-state index contributed by atoms with van der Waals surface area (Å²) in [6.45, 7) is 2.98. The molecule has 1 unspecified atom stereocenters. The molecule has 1 aliphatic heterocycles. The van der Waals surface area contributed by atoms with Gasteiger partial charge in [-0.05, 0) is 36.8 Å². The van der Waals surface area contributed by atoms with E-state index >= 15 is 0 Å². The Morgan fingerprint density at radius 2 is 2.10 bits per heavy atom.